The average Bonchev–Trinajstić information content (AvgIpc) is 2.31. The lowest BCUT2D eigenvalue weighted by molar-refractivity contribution is 0.341. The van der Waals surface area contributed by atoms with Gasteiger partial charge in [-0.2, -0.15) is 0 Å². The summed E-state index contributed by atoms with van der Waals surface area (Å²) in [5.74, 6) is 0.658. The highest BCUT2D eigenvalue weighted by atomic mass is 35.5. The Kier molecular flexibility index (Phi) is 5.32. The second-order valence-electron chi connectivity index (χ2n) is 3.82. The number of anilines is 1. The smallest absolute Gasteiger partial charge is 0.139 e. The van der Waals surface area contributed by atoms with Gasteiger partial charge in [0.2, 0.25) is 0 Å². The molecule has 2 N–H and O–H groups in total. The van der Waals surface area contributed by atoms with Crippen molar-refractivity contribution in [3.63, 3.8) is 0 Å². The van der Waals surface area contributed by atoms with Crippen LogP contribution < -0.4 is 10.1 Å². The van der Waals surface area contributed by atoms with Gasteiger partial charge in [-0.1, -0.05) is 23.3 Å². The monoisotopic (exact) mass is 255 g/mol. The maximum atomic E-state index is 8.83. The van der Waals surface area contributed by atoms with Gasteiger partial charge in [0.15, 0.2) is 0 Å². The van der Waals surface area contributed by atoms with Crippen molar-refractivity contribution in [2.75, 3.05) is 26.1 Å². The molecular formula is C13H18ClNO2. The van der Waals surface area contributed by atoms with E-state index in [2.05, 4.69) is 5.32 Å². The molecule has 0 aliphatic heterocycles. The molecule has 17 heavy (non-hydrogen) atoms. The molecule has 0 aromatic heterocycles. The summed E-state index contributed by atoms with van der Waals surface area (Å²) in [5.41, 5.74) is 3.05. The van der Waals surface area contributed by atoms with Gasteiger partial charge in [-0.15, -0.1) is 0 Å². The number of halogens is 1. The van der Waals surface area contributed by atoms with Crippen molar-refractivity contribution < 1.29 is 9.84 Å². The standard InChI is InChI=1S/C13H18ClNO2/c1-9(4-5-16)6-10-7-11(15-2)13(14)12(8-10)17-3/h4,7-8,15-16H,5-6H2,1-3H3/b9-4+. The van der Waals surface area contributed by atoms with E-state index in [0.717, 1.165) is 23.2 Å². The number of methoxy groups -OCH3 is 1. The van der Waals surface area contributed by atoms with Gasteiger partial charge in [-0.25, -0.2) is 0 Å². The van der Waals surface area contributed by atoms with Crippen LogP contribution in [0.25, 0.3) is 0 Å². The predicted molar refractivity (Wildman–Crippen MR) is 72.1 cm³/mol. The van der Waals surface area contributed by atoms with E-state index in [1.165, 1.54) is 0 Å². The maximum absolute atomic E-state index is 8.83. The SMILES string of the molecule is CNc1cc(C/C(C)=C/CO)cc(OC)c1Cl. The Morgan fingerprint density at radius 3 is 2.76 bits per heavy atom. The summed E-state index contributed by atoms with van der Waals surface area (Å²) in [7, 11) is 3.42. The van der Waals surface area contributed by atoms with Gasteiger partial charge in [0.1, 0.15) is 10.8 Å². The van der Waals surface area contributed by atoms with Gasteiger partial charge in [0.25, 0.3) is 0 Å². The van der Waals surface area contributed by atoms with Crippen LogP contribution >= 0.6 is 11.6 Å². The lowest BCUT2D eigenvalue weighted by Crippen LogP contribution is -1.96. The van der Waals surface area contributed by atoms with E-state index < -0.39 is 0 Å². The minimum Gasteiger partial charge on any atom is -0.495 e. The molecule has 0 bridgehead atoms. The number of hydrogen-bond donors (Lipinski definition) is 2. The van der Waals surface area contributed by atoms with Crippen molar-refractivity contribution in [3.05, 3.63) is 34.4 Å². The third-order valence-corrected chi connectivity index (χ3v) is 2.90. The molecular weight excluding hydrogens is 238 g/mol. The fourth-order valence-electron chi connectivity index (χ4n) is 1.64. The number of hydrogen-bond acceptors (Lipinski definition) is 3. The molecule has 0 fully saturated rings. The Bertz CT molecular complexity index is 391. The first-order valence-electron chi connectivity index (χ1n) is 5.43. The maximum Gasteiger partial charge on any atom is 0.139 e. The molecule has 0 amide bonds. The Balaban J connectivity index is 3.05. The molecule has 3 nitrogen and oxygen atoms in total. The highest BCUT2D eigenvalue weighted by Gasteiger charge is 2.08. The van der Waals surface area contributed by atoms with Gasteiger partial charge in [0.05, 0.1) is 19.4 Å². The Hall–Kier alpha value is -1.19. The first kappa shape index (κ1) is 13.9. The zero-order chi connectivity index (χ0) is 12.8. The van der Waals surface area contributed by atoms with Crippen molar-refractivity contribution in [3.8, 4) is 5.75 Å². The Morgan fingerprint density at radius 2 is 2.24 bits per heavy atom. The fraction of sp³-hybridized carbons (Fsp3) is 0.385. The predicted octanol–water partition coefficient (Wildman–Crippen LogP) is 2.87. The van der Waals surface area contributed by atoms with Crippen LogP contribution in [0.3, 0.4) is 0 Å². The van der Waals surface area contributed by atoms with Crippen LogP contribution in [0.2, 0.25) is 5.02 Å². The summed E-state index contributed by atoms with van der Waals surface area (Å²) >= 11 is 6.14. The molecule has 0 aliphatic rings. The normalized spacial score (nSPS) is 11.5. The molecule has 0 aliphatic carbocycles. The summed E-state index contributed by atoms with van der Waals surface area (Å²) in [6.45, 7) is 2.05. The number of ether oxygens (including phenoxy) is 1. The van der Waals surface area contributed by atoms with Crippen LogP contribution in [-0.4, -0.2) is 25.9 Å². The van der Waals surface area contributed by atoms with Gasteiger partial charge < -0.3 is 15.2 Å². The highest BCUT2D eigenvalue weighted by Crippen LogP contribution is 2.34. The largest absolute Gasteiger partial charge is 0.495 e. The third-order valence-electron chi connectivity index (χ3n) is 2.51. The quantitative estimate of drug-likeness (QED) is 0.795. The Labute approximate surface area is 107 Å². The minimum atomic E-state index is 0.0649. The van der Waals surface area contributed by atoms with Gasteiger partial charge in [-0.05, 0) is 31.0 Å². The first-order chi connectivity index (χ1) is 8.12. The summed E-state index contributed by atoms with van der Waals surface area (Å²) < 4.78 is 5.23. The molecule has 1 rings (SSSR count). The molecule has 0 saturated carbocycles. The number of aliphatic hydroxyl groups is 1. The van der Waals surface area contributed by atoms with Gasteiger partial charge in [-0.3, -0.25) is 0 Å². The number of allylic oxidation sites excluding steroid dienone is 1. The number of aliphatic hydroxyl groups excluding tert-OH is 1. The second-order valence-corrected chi connectivity index (χ2v) is 4.20. The fourth-order valence-corrected chi connectivity index (χ4v) is 1.92. The molecule has 4 heteroatoms. The molecule has 1 aromatic rings. The van der Waals surface area contributed by atoms with Crippen molar-refractivity contribution in [1.82, 2.24) is 0 Å². The van der Waals surface area contributed by atoms with Gasteiger partial charge in [0, 0.05) is 7.05 Å². The van der Waals surface area contributed by atoms with Crippen LogP contribution in [0.4, 0.5) is 5.69 Å². The van der Waals surface area contributed by atoms with Crippen molar-refractivity contribution in [2.45, 2.75) is 13.3 Å². The lowest BCUT2D eigenvalue weighted by atomic mass is 10.0. The number of benzene rings is 1. The van der Waals surface area contributed by atoms with E-state index in [0.29, 0.717) is 10.8 Å². The van der Waals surface area contributed by atoms with Crippen molar-refractivity contribution in [2.24, 2.45) is 0 Å². The highest BCUT2D eigenvalue weighted by molar-refractivity contribution is 6.34. The molecule has 0 heterocycles. The molecule has 1 aromatic carbocycles. The number of rotatable bonds is 5. The average molecular weight is 256 g/mol. The summed E-state index contributed by atoms with van der Waals surface area (Å²) in [4.78, 5) is 0. The first-order valence-corrected chi connectivity index (χ1v) is 5.80. The molecule has 0 radical (unpaired) electrons. The molecule has 0 unspecified atom stereocenters. The van der Waals surface area contributed by atoms with E-state index in [-0.39, 0.29) is 6.61 Å². The topological polar surface area (TPSA) is 41.5 Å². The zero-order valence-electron chi connectivity index (χ0n) is 10.4. The van der Waals surface area contributed by atoms with Crippen LogP contribution in [0, 0.1) is 0 Å². The lowest BCUT2D eigenvalue weighted by Gasteiger charge is -2.12. The van der Waals surface area contributed by atoms with E-state index in [9.17, 15) is 0 Å². The van der Waals surface area contributed by atoms with E-state index >= 15 is 0 Å². The third kappa shape index (κ3) is 3.65. The summed E-state index contributed by atoms with van der Waals surface area (Å²) in [6, 6.07) is 3.90. The van der Waals surface area contributed by atoms with E-state index in [1.54, 1.807) is 13.2 Å². The van der Waals surface area contributed by atoms with Crippen LogP contribution in [0.5, 0.6) is 5.75 Å². The van der Waals surface area contributed by atoms with Crippen LogP contribution in [0.15, 0.2) is 23.8 Å². The van der Waals surface area contributed by atoms with Gasteiger partial charge >= 0.3 is 0 Å². The van der Waals surface area contributed by atoms with E-state index in [1.807, 2.05) is 26.1 Å². The van der Waals surface area contributed by atoms with Crippen molar-refractivity contribution in [1.29, 1.82) is 0 Å². The molecule has 94 valence electrons. The second kappa shape index (κ2) is 6.52. The minimum absolute atomic E-state index is 0.0649. The summed E-state index contributed by atoms with van der Waals surface area (Å²) in [5, 5.41) is 12.4. The molecule has 0 saturated heterocycles. The van der Waals surface area contributed by atoms with Crippen LogP contribution in [-0.2, 0) is 6.42 Å². The van der Waals surface area contributed by atoms with Crippen LogP contribution in [0.1, 0.15) is 12.5 Å². The molecule has 0 spiro atoms. The van der Waals surface area contributed by atoms with Crippen molar-refractivity contribution >= 4 is 17.3 Å². The molecule has 0 atom stereocenters. The van der Waals surface area contributed by atoms with E-state index in [4.69, 9.17) is 21.4 Å². The number of nitrogens with one attached hydrogen (secondary N) is 1. The Morgan fingerprint density at radius 1 is 1.53 bits per heavy atom. The summed E-state index contributed by atoms with van der Waals surface area (Å²) in [6.07, 6.45) is 2.56. The zero-order valence-corrected chi connectivity index (χ0v) is 11.1.